The molecular formula is C25H20Cl2N4O5. The van der Waals surface area contributed by atoms with E-state index in [9.17, 15) is 14.9 Å². The van der Waals surface area contributed by atoms with Gasteiger partial charge in [0.2, 0.25) is 0 Å². The van der Waals surface area contributed by atoms with Gasteiger partial charge >= 0.3 is 0 Å². The fraction of sp³-hybridized carbons (Fsp3) is 0.120. The number of halogens is 2. The predicted molar refractivity (Wildman–Crippen MR) is 136 cm³/mol. The maximum atomic E-state index is 12.8. The van der Waals surface area contributed by atoms with Crippen LogP contribution in [0.4, 0.5) is 11.4 Å². The molecule has 4 aromatic rings. The molecule has 1 N–H and O–H groups in total. The summed E-state index contributed by atoms with van der Waals surface area (Å²) in [5.41, 5.74) is 2.12. The van der Waals surface area contributed by atoms with Gasteiger partial charge in [-0.3, -0.25) is 14.9 Å². The molecule has 0 bridgehead atoms. The number of hydrogen-bond acceptors (Lipinski definition) is 6. The normalized spacial score (nSPS) is 10.7. The van der Waals surface area contributed by atoms with Crippen LogP contribution in [-0.2, 0) is 6.73 Å². The summed E-state index contributed by atoms with van der Waals surface area (Å²) in [7, 11) is 0. The fourth-order valence-electron chi connectivity index (χ4n) is 3.41. The Morgan fingerprint density at radius 2 is 1.78 bits per heavy atom. The number of carbonyl (C=O) groups excluding carboxylic acids is 1. The Kier molecular flexibility index (Phi) is 7.42. The lowest BCUT2D eigenvalue weighted by Gasteiger charge is -2.10. The van der Waals surface area contributed by atoms with E-state index in [1.165, 1.54) is 41.1 Å². The Hall–Kier alpha value is -4.08. The zero-order valence-electron chi connectivity index (χ0n) is 19.2. The second kappa shape index (κ2) is 10.7. The molecule has 4 rings (SSSR count). The number of nitro benzene ring substituents is 1. The molecule has 36 heavy (non-hydrogen) atoms. The van der Waals surface area contributed by atoms with Crippen LogP contribution < -0.4 is 14.8 Å². The van der Waals surface area contributed by atoms with Crippen molar-refractivity contribution in [2.45, 2.75) is 20.6 Å². The zero-order valence-corrected chi connectivity index (χ0v) is 20.7. The lowest BCUT2D eigenvalue weighted by molar-refractivity contribution is -0.384. The Labute approximate surface area is 216 Å². The van der Waals surface area contributed by atoms with Crippen LogP contribution in [0.2, 0.25) is 10.0 Å². The van der Waals surface area contributed by atoms with Crippen LogP contribution in [0.25, 0.3) is 0 Å². The Bertz CT molecular complexity index is 1430. The number of nitrogens with one attached hydrogen (secondary N) is 1. The third-order valence-electron chi connectivity index (χ3n) is 4.91. The van der Waals surface area contributed by atoms with Crippen molar-refractivity contribution in [3.8, 4) is 17.2 Å². The molecule has 0 radical (unpaired) electrons. The summed E-state index contributed by atoms with van der Waals surface area (Å²) in [6.07, 6.45) is 1.60. The molecule has 0 saturated heterocycles. The standard InChI is InChI=1S/C25H20Cl2N4O5/c1-15-7-16(2)9-20(8-15)35-14-30-6-5-23(29-30)25(32)28-18-11-19(31(33)34)13-21(12-18)36-24-4-3-17(26)10-22(24)27/h3-13H,14H2,1-2H3,(H,28,32). The molecule has 11 heteroatoms. The molecule has 184 valence electrons. The van der Waals surface area contributed by atoms with Gasteiger partial charge < -0.3 is 14.8 Å². The van der Waals surface area contributed by atoms with Crippen molar-refractivity contribution in [3.05, 3.63) is 104 Å². The summed E-state index contributed by atoms with van der Waals surface area (Å²) >= 11 is 12.0. The van der Waals surface area contributed by atoms with Gasteiger partial charge in [0.05, 0.1) is 21.7 Å². The SMILES string of the molecule is Cc1cc(C)cc(OCn2ccc(C(=O)Nc3cc(Oc4ccc(Cl)cc4Cl)cc([N+](=O)[O-])c3)n2)c1. The van der Waals surface area contributed by atoms with Gasteiger partial charge in [0.25, 0.3) is 11.6 Å². The van der Waals surface area contributed by atoms with Gasteiger partial charge in [0.15, 0.2) is 12.4 Å². The largest absolute Gasteiger partial charge is 0.471 e. The minimum atomic E-state index is -0.592. The third kappa shape index (κ3) is 6.32. The minimum Gasteiger partial charge on any atom is -0.471 e. The van der Waals surface area contributed by atoms with Gasteiger partial charge in [0, 0.05) is 23.4 Å². The molecule has 0 fully saturated rings. The molecule has 0 atom stereocenters. The topological polar surface area (TPSA) is 109 Å². The highest BCUT2D eigenvalue weighted by molar-refractivity contribution is 6.35. The first-order chi connectivity index (χ1) is 17.2. The van der Waals surface area contributed by atoms with Crippen LogP contribution in [0.3, 0.4) is 0 Å². The average Bonchev–Trinajstić information content (AvgIpc) is 3.28. The first-order valence-electron chi connectivity index (χ1n) is 10.6. The van der Waals surface area contributed by atoms with Crippen molar-refractivity contribution in [1.82, 2.24) is 9.78 Å². The molecule has 1 heterocycles. The summed E-state index contributed by atoms with van der Waals surface area (Å²) < 4.78 is 12.9. The number of ether oxygens (including phenoxy) is 2. The van der Waals surface area contributed by atoms with Gasteiger partial charge in [-0.2, -0.15) is 5.10 Å². The molecule has 0 unspecified atom stereocenters. The van der Waals surface area contributed by atoms with Gasteiger partial charge in [0.1, 0.15) is 17.2 Å². The van der Waals surface area contributed by atoms with Crippen LogP contribution in [0.1, 0.15) is 21.6 Å². The minimum absolute atomic E-state index is 0.104. The summed E-state index contributed by atoms with van der Waals surface area (Å²) in [6.45, 7) is 4.06. The van der Waals surface area contributed by atoms with Crippen molar-refractivity contribution < 1.29 is 19.2 Å². The van der Waals surface area contributed by atoms with Crippen molar-refractivity contribution in [2.75, 3.05) is 5.32 Å². The van der Waals surface area contributed by atoms with Gasteiger partial charge in [-0.1, -0.05) is 29.3 Å². The molecule has 9 nitrogen and oxygen atoms in total. The number of nitro groups is 1. The Morgan fingerprint density at radius 3 is 2.47 bits per heavy atom. The van der Waals surface area contributed by atoms with Crippen LogP contribution in [0.5, 0.6) is 17.2 Å². The summed E-state index contributed by atoms with van der Waals surface area (Å²) in [5.74, 6) is 0.493. The molecule has 0 spiro atoms. The van der Waals surface area contributed by atoms with E-state index in [2.05, 4.69) is 10.4 Å². The van der Waals surface area contributed by atoms with Gasteiger partial charge in [-0.05, 0) is 61.4 Å². The number of anilines is 1. The van der Waals surface area contributed by atoms with E-state index in [1.807, 2.05) is 32.0 Å². The van der Waals surface area contributed by atoms with E-state index in [4.69, 9.17) is 32.7 Å². The summed E-state index contributed by atoms with van der Waals surface area (Å²) in [6, 6.07) is 15.8. The van der Waals surface area contributed by atoms with E-state index < -0.39 is 10.8 Å². The number of non-ortho nitro benzene ring substituents is 1. The lowest BCUT2D eigenvalue weighted by atomic mass is 10.1. The Morgan fingerprint density at radius 1 is 1.03 bits per heavy atom. The molecule has 1 aromatic heterocycles. The molecule has 0 saturated carbocycles. The van der Waals surface area contributed by atoms with Crippen LogP contribution in [0.15, 0.2) is 66.9 Å². The average molecular weight is 527 g/mol. The highest BCUT2D eigenvalue weighted by Gasteiger charge is 2.16. The van der Waals surface area contributed by atoms with E-state index in [0.717, 1.165) is 11.1 Å². The van der Waals surface area contributed by atoms with Crippen molar-refractivity contribution in [3.63, 3.8) is 0 Å². The second-order valence-electron chi connectivity index (χ2n) is 7.94. The smallest absolute Gasteiger partial charge is 0.276 e. The number of carbonyl (C=O) groups is 1. The maximum absolute atomic E-state index is 12.8. The number of amides is 1. The maximum Gasteiger partial charge on any atom is 0.276 e. The predicted octanol–water partition coefficient (Wildman–Crippen LogP) is 6.80. The number of aryl methyl sites for hydroxylation is 2. The summed E-state index contributed by atoms with van der Waals surface area (Å²) in [5, 5.41) is 18.9. The van der Waals surface area contributed by atoms with Crippen LogP contribution >= 0.6 is 23.2 Å². The highest BCUT2D eigenvalue weighted by atomic mass is 35.5. The second-order valence-corrected chi connectivity index (χ2v) is 8.78. The molecule has 0 aliphatic carbocycles. The van der Waals surface area contributed by atoms with Crippen molar-refractivity contribution in [1.29, 1.82) is 0 Å². The summed E-state index contributed by atoms with van der Waals surface area (Å²) in [4.78, 5) is 23.6. The van der Waals surface area contributed by atoms with Crippen molar-refractivity contribution >= 4 is 40.5 Å². The molecule has 1 amide bonds. The zero-order chi connectivity index (χ0) is 25.8. The number of benzene rings is 3. The fourth-order valence-corrected chi connectivity index (χ4v) is 3.86. The number of nitrogens with zero attached hydrogens (tertiary/aromatic N) is 3. The Balaban J connectivity index is 1.48. The number of hydrogen-bond donors (Lipinski definition) is 1. The van der Waals surface area contributed by atoms with E-state index in [-0.39, 0.29) is 40.3 Å². The van der Waals surface area contributed by atoms with Crippen LogP contribution in [-0.4, -0.2) is 20.6 Å². The highest BCUT2D eigenvalue weighted by Crippen LogP contribution is 2.34. The molecular weight excluding hydrogens is 507 g/mol. The van der Waals surface area contributed by atoms with E-state index in [0.29, 0.717) is 10.8 Å². The van der Waals surface area contributed by atoms with Crippen LogP contribution in [0, 0.1) is 24.0 Å². The quantitative estimate of drug-likeness (QED) is 0.200. The number of aromatic nitrogens is 2. The lowest BCUT2D eigenvalue weighted by Crippen LogP contribution is -2.14. The van der Waals surface area contributed by atoms with Crippen molar-refractivity contribution in [2.24, 2.45) is 0 Å². The monoisotopic (exact) mass is 526 g/mol. The first kappa shape index (κ1) is 25.0. The number of rotatable bonds is 8. The third-order valence-corrected chi connectivity index (χ3v) is 5.44. The van der Waals surface area contributed by atoms with E-state index in [1.54, 1.807) is 12.3 Å². The van der Waals surface area contributed by atoms with Gasteiger partial charge in [-0.15, -0.1) is 0 Å². The molecule has 0 aliphatic heterocycles. The van der Waals surface area contributed by atoms with E-state index >= 15 is 0 Å². The first-order valence-corrected chi connectivity index (χ1v) is 11.4. The molecule has 0 aliphatic rings. The molecule has 3 aromatic carbocycles. The van der Waals surface area contributed by atoms with Gasteiger partial charge in [-0.25, -0.2) is 4.68 Å².